The molecule has 1 aromatic rings. The highest BCUT2D eigenvalue weighted by Crippen LogP contribution is 2.63. The molecule has 0 saturated heterocycles. The molecule has 0 amide bonds. The normalized spacial score (nSPS) is 31.6. The summed E-state index contributed by atoms with van der Waals surface area (Å²) in [4.78, 5) is 12.3. The minimum Gasteiger partial charge on any atom is -0.598 e. The summed E-state index contributed by atoms with van der Waals surface area (Å²) in [5.74, 6) is -1.39. The summed E-state index contributed by atoms with van der Waals surface area (Å²) in [5.41, 5.74) is -0.474. The van der Waals surface area contributed by atoms with Crippen LogP contribution in [0.2, 0.25) is 0 Å². The van der Waals surface area contributed by atoms with Crippen LogP contribution in [-0.2, 0) is 32.2 Å². The molecule has 6 atom stereocenters. The summed E-state index contributed by atoms with van der Waals surface area (Å²) < 4.78 is 39.6. The van der Waals surface area contributed by atoms with E-state index in [1.807, 2.05) is 20.8 Å². The van der Waals surface area contributed by atoms with Gasteiger partial charge < -0.3 is 14.0 Å². The second-order valence-corrected chi connectivity index (χ2v) is 10.6. The SMILES string of the molecule is CCOC(=O)[C@H]1[C@@H]2C[C@@H](OCc3ccc(F)cc3)C(C#N)(N[S@@+]([O-])C(C)(C)C)[C@@H]21. The van der Waals surface area contributed by atoms with Gasteiger partial charge in [0, 0.05) is 17.3 Å². The second-order valence-electron chi connectivity index (χ2n) is 8.59. The summed E-state index contributed by atoms with van der Waals surface area (Å²) in [7, 11) is 0. The molecule has 29 heavy (non-hydrogen) atoms. The van der Waals surface area contributed by atoms with Crippen LogP contribution in [-0.4, -0.2) is 33.5 Å². The van der Waals surface area contributed by atoms with Crippen LogP contribution < -0.4 is 4.72 Å². The van der Waals surface area contributed by atoms with Gasteiger partial charge in [0.1, 0.15) is 10.6 Å². The topological polar surface area (TPSA) is 94.4 Å². The summed E-state index contributed by atoms with van der Waals surface area (Å²) in [5, 5.41) is 10.1. The Labute approximate surface area is 174 Å². The second kappa shape index (κ2) is 8.23. The average Bonchev–Trinajstić information content (AvgIpc) is 3.30. The number of rotatable bonds is 7. The third-order valence-electron chi connectivity index (χ3n) is 5.61. The van der Waals surface area contributed by atoms with Crippen molar-refractivity contribution in [3.8, 4) is 6.07 Å². The molecule has 3 rings (SSSR count). The van der Waals surface area contributed by atoms with Crippen LogP contribution >= 0.6 is 0 Å². The van der Waals surface area contributed by atoms with Gasteiger partial charge in [-0.05, 0) is 57.7 Å². The van der Waals surface area contributed by atoms with E-state index in [4.69, 9.17) is 9.47 Å². The lowest BCUT2D eigenvalue weighted by Gasteiger charge is -2.36. The van der Waals surface area contributed by atoms with Gasteiger partial charge in [-0.3, -0.25) is 4.79 Å². The number of hydrogen-bond donors (Lipinski definition) is 1. The van der Waals surface area contributed by atoms with Crippen molar-refractivity contribution in [3.63, 3.8) is 0 Å². The van der Waals surface area contributed by atoms with Crippen LogP contribution in [0, 0.1) is 34.9 Å². The molecule has 0 heterocycles. The number of carbonyl (C=O) groups excluding carboxylic acids is 1. The lowest BCUT2D eigenvalue weighted by molar-refractivity contribution is -0.146. The number of fused-ring (bicyclic) bond motifs is 1. The highest BCUT2D eigenvalue weighted by atomic mass is 32.2. The van der Waals surface area contributed by atoms with E-state index in [0.29, 0.717) is 6.42 Å². The predicted molar refractivity (Wildman–Crippen MR) is 106 cm³/mol. The molecule has 0 aliphatic heterocycles. The number of benzene rings is 1. The Morgan fingerprint density at radius 2 is 2.07 bits per heavy atom. The Kier molecular flexibility index (Phi) is 6.25. The highest BCUT2D eigenvalue weighted by molar-refractivity contribution is 7.90. The zero-order valence-electron chi connectivity index (χ0n) is 17.1. The van der Waals surface area contributed by atoms with Crippen molar-refractivity contribution >= 4 is 17.3 Å². The van der Waals surface area contributed by atoms with Crippen molar-refractivity contribution in [2.45, 2.75) is 57.1 Å². The maximum Gasteiger partial charge on any atom is 0.309 e. The number of carbonyl (C=O) groups is 1. The van der Waals surface area contributed by atoms with E-state index in [-0.39, 0.29) is 42.8 Å². The van der Waals surface area contributed by atoms with Crippen molar-refractivity contribution < 1.29 is 23.2 Å². The van der Waals surface area contributed by atoms with Gasteiger partial charge in [0.05, 0.1) is 31.3 Å². The Morgan fingerprint density at radius 3 is 2.62 bits per heavy atom. The number of nitriles is 1. The van der Waals surface area contributed by atoms with Crippen molar-refractivity contribution in [3.05, 3.63) is 35.6 Å². The smallest absolute Gasteiger partial charge is 0.309 e. The first kappa shape index (κ1) is 22.0. The largest absolute Gasteiger partial charge is 0.598 e. The Bertz CT molecular complexity index is 791. The number of hydrogen-bond acceptors (Lipinski definition) is 6. The number of halogens is 1. The first-order valence-electron chi connectivity index (χ1n) is 9.77. The van der Waals surface area contributed by atoms with E-state index in [0.717, 1.165) is 5.56 Å². The molecule has 1 unspecified atom stereocenters. The lowest BCUT2D eigenvalue weighted by atomic mass is 9.90. The van der Waals surface area contributed by atoms with E-state index in [1.54, 1.807) is 19.1 Å². The van der Waals surface area contributed by atoms with Gasteiger partial charge >= 0.3 is 5.97 Å². The Balaban J connectivity index is 1.81. The molecule has 158 valence electrons. The third kappa shape index (κ3) is 4.29. The standard InChI is InChI=1S/C21H27FN2O4S/c1-5-27-19(25)17-15-10-16(28-11-13-6-8-14(22)9-7-13)21(12-23,18(15)17)24-29(26)20(2,3)4/h6-9,15-18,24H,5,10-11H2,1-4H3/t15-,16+,17-,18-,21?,29-/m0/s1. The molecular formula is C21H27FN2O4S. The van der Waals surface area contributed by atoms with Crippen LogP contribution in [0.4, 0.5) is 4.39 Å². The summed E-state index contributed by atoms with van der Waals surface area (Å²) in [6, 6.07) is 8.26. The van der Waals surface area contributed by atoms with Crippen LogP contribution in [0.15, 0.2) is 24.3 Å². The summed E-state index contributed by atoms with van der Waals surface area (Å²) >= 11 is -1.52. The van der Waals surface area contributed by atoms with Gasteiger partial charge in [-0.2, -0.15) is 5.26 Å². The van der Waals surface area contributed by atoms with E-state index >= 15 is 0 Å². The molecule has 2 saturated carbocycles. The number of nitrogens with zero attached hydrogens (tertiary/aromatic N) is 1. The molecular weight excluding hydrogens is 395 g/mol. The predicted octanol–water partition coefficient (Wildman–Crippen LogP) is 2.85. The molecule has 2 aliphatic rings. The molecule has 8 heteroatoms. The van der Waals surface area contributed by atoms with Crippen molar-refractivity contribution in [2.75, 3.05) is 6.61 Å². The van der Waals surface area contributed by atoms with Crippen molar-refractivity contribution in [2.24, 2.45) is 17.8 Å². The summed E-state index contributed by atoms with van der Waals surface area (Å²) in [6.45, 7) is 7.67. The zero-order chi connectivity index (χ0) is 21.4. The molecule has 0 radical (unpaired) electrons. The highest BCUT2D eigenvalue weighted by Gasteiger charge is 2.75. The monoisotopic (exact) mass is 422 g/mol. The molecule has 6 nitrogen and oxygen atoms in total. The van der Waals surface area contributed by atoms with E-state index in [9.17, 15) is 19.0 Å². The molecule has 1 aromatic carbocycles. The fraction of sp³-hybridized carbons (Fsp3) is 0.619. The van der Waals surface area contributed by atoms with E-state index in [2.05, 4.69) is 10.8 Å². The van der Waals surface area contributed by atoms with Gasteiger partial charge in [-0.15, -0.1) is 4.72 Å². The maximum absolute atomic E-state index is 13.1. The summed E-state index contributed by atoms with van der Waals surface area (Å²) in [6.07, 6.45) is -0.0402. The first-order valence-corrected chi connectivity index (χ1v) is 10.9. The van der Waals surface area contributed by atoms with Gasteiger partial charge in [-0.1, -0.05) is 12.1 Å². The molecule has 2 aliphatic carbocycles. The number of ether oxygens (including phenoxy) is 2. The molecule has 2 fully saturated rings. The zero-order valence-corrected chi connectivity index (χ0v) is 17.9. The molecule has 1 N–H and O–H groups in total. The van der Waals surface area contributed by atoms with Gasteiger partial charge in [0.15, 0.2) is 5.54 Å². The Morgan fingerprint density at radius 1 is 1.41 bits per heavy atom. The molecule has 0 bridgehead atoms. The fourth-order valence-corrected chi connectivity index (χ4v) is 5.01. The minimum atomic E-state index is -1.52. The third-order valence-corrected chi connectivity index (χ3v) is 7.25. The van der Waals surface area contributed by atoms with E-state index in [1.165, 1.54) is 12.1 Å². The Hall–Kier alpha value is -1.66. The van der Waals surface area contributed by atoms with Gasteiger partial charge in [0.25, 0.3) is 0 Å². The quantitative estimate of drug-likeness (QED) is 0.536. The minimum absolute atomic E-state index is 0.0450. The average molecular weight is 423 g/mol. The lowest BCUT2D eigenvalue weighted by Crippen LogP contribution is -2.60. The molecule has 0 aromatic heterocycles. The van der Waals surface area contributed by atoms with E-state index < -0.39 is 27.8 Å². The van der Waals surface area contributed by atoms with Crippen LogP contribution in [0.25, 0.3) is 0 Å². The van der Waals surface area contributed by atoms with Crippen LogP contribution in [0.1, 0.15) is 39.7 Å². The van der Waals surface area contributed by atoms with Crippen LogP contribution in [0.5, 0.6) is 0 Å². The number of nitrogens with one attached hydrogen (secondary N) is 1. The van der Waals surface area contributed by atoms with Gasteiger partial charge in [-0.25, -0.2) is 4.39 Å². The van der Waals surface area contributed by atoms with Crippen LogP contribution in [0.3, 0.4) is 0 Å². The number of esters is 1. The molecule has 0 spiro atoms. The fourth-order valence-electron chi connectivity index (χ4n) is 4.08. The van der Waals surface area contributed by atoms with Gasteiger partial charge in [0.2, 0.25) is 0 Å². The first-order chi connectivity index (χ1) is 13.6. The maximum atomic E-state index is 13.1. The van der Waals surface area contributed by atoms with Crippen molar-refractivity contribution in [1.29, 1.82) is 5.26 Å². The van der Waals surface area contributed by atoms with Crippen molar-refractivity contribution in [1.82, 2.24) is 4.72 Å².